The zero-order chi connectivity index (χ0) is 49.1. The highest BCUT2D eigenvalue weighted by molar-refractivity contribution is 7.00. The zero-order valence-corrected chi connectivity index (χ0v) is 42.0. The van der Waals surface area contributed by atoms with E-state index in [4.69, 9.17) is 0 Å². The van der Waals surface area contributed by atoms with Crippen LogP contribution in [0, 0.1) is 0 Å². The average Bonchev–Trinajstić information content (AvgIpc) is 3.41. The van der Waals surface area contributed by atoms with Gasteiger partial charge in [0, 0.05) is 51.1 Å². The SMILES string of the molecule is CC(C)(C)c1ccc(N2c3cc(N(c4ccccc4)c4ccccc4)ccc3B3c4cc(-c5ccccc5)ccc4N(c4ccc(-c5ccccc5)cc4-c4ccccc4)c4cc(C(C)(C)C)cc2c43)cc1. The summed E-state index contributed by atoms with van der Waals surface area (Å²) in [6.07, 6.45) is 0. The molecule has 3 nitrogen and oxygen atoms in total. The third kappa shape index (κ3) is 7.98. The predicted octanol–water partition coefficient (Wildman–Crippen LogP) is 16.8. The van der Waals surface area contributed by atoms with Gasteiger partial charge in [0.2, 0.25) is 0 Å². The molecule has 4 heteroatoms. The lowest BCUT2D eigenvalue weighted by molar-refractivity contribution is 0.590. The third-order valence-corrected chi connectivity index (χ3v) is 14.7. The van der Waals surface area contributed by atoms with Crippen molar-refractivity contribution in [1.82, 2.24) is 0 Å². The molecule has 0 saturated carbocycles. The molecule has 2 heterocycles. The second kappa shape index (κ2) is 17.8. The topological polar surface area (TPSA) is 9.72 Å². The number of hydrogen-bond acceptors (Lipinski definition) is 3. The van der Waals surface area contributed by atoms with E-state index in [2.05, 4.69) is 299 Å². The van der Waals surface area contributed by atoms with E-state index in [1.807, 2.05) is 0 Å². The van der Waals surface area contributed by atoms with E-state index in [-0.39, 0.29) is 17.5 Å². The Labute approximate surface area is 426 Å². The first-order valence-corrected chi connectivity index (χ1v) is 25.4. The van der Waals surface area contributed by atoms with Crippen molar-refractivity contribution in [2.45, 2.75) is 52.4 Å². The Morgan fingerprint density at radius 3 is 1.35 bits per heavy atom. The van der Waals surface area contributed by atoms with Gasteiger partial charge in [-0.1, -0.05) is 205 Å². The molecule has 2 aliphatic rings. The standard InChI is InChI=1S/C68H58BN3/c1-67(2,3)52-34-36-56(37-35-52)71-63-46-57(70(54-28-18-10-19-29-54)55-30-20-11-21-31-55)38-39-59(63)69-60-43-51(48-24-14-8-15-25-48)33-41-62(60)72(65-45-53(68(4,5)6)44-64(71)66(65)69)61-40-32-50(47-22-12-7-13-23-47)42-58(61)49-26-16-9-17-27-49/h7-46H,1-6H3. The Hall–Kier alpha value is -8.34. The molecule has 0 radical (unpaired) electrons. The highest BCUT2D eigenvalue weighted by Gasteiger charge is 2.45. The maximum Gasteiger partial charge on any atom is 0.252 e. The lowest BCUT2D eigenvalue weighted by atomic mass is 9.33. The molecule has 0 unspecified atom stereocenters. The van der Waals surface area contributed by atoms with E-state index >= 15 is 0 Å². The van der Waals surface area contributed by atoms with Crippen LogP contribution in [0.4, 0.5) is 51.2 Å². The second-order valence-electron chi connectivity index (χ2n) is 21.4. The number of rotatable bonds is 8. The van der Waals surface area contributed by atoms with Gasteiger partial charge in [-0.15, -0.1) is 0 Å². The molecule has 72 heavy (non-hydrogen) atoms. The molecule has 10 aromatic rings. The molecule has 2 aliphatic heterocycles. The van der Waals surface area contributed by atoms with Crippen molar-refractivity contribution in [1.29, 1.82) is 0 Å². The van der Waals surface area contributed by atoms with Crippen LogP contribution >= 0.6 is 0 Å². The molecule has 0 bridgehead atoms. The van der Waals surface area contributed by atoms with Crippen LogP contribution in [0.15, 0.2) is 243 Å². The van der Waals surface area contributed by atoms with Crippen LogP contribution < -0.4 is 31.1 Å². The Kier molecular flexibility index (Phi) is 11.1. The van der Waals surface area contributed by atoms with Crippen molar-refractivity contribution in [2.75, 3.05) is 14.7 Å². The van der Waals surface area contributed by atoms with Gasteiger partial charge in [0.15, 0.2) is 0 Å². The molecule has 12 rings (SSSR count). The van der Waals surface area contributed by atoms with E-state index in [0.29, 0.717) is 0 Å². The summed E-state index contributed by atoms with van der Waals surface area (Å²) in [7, 11) is 0. The predicted molar refractivity (Wildman–Crippen MR) is 309 cm³/mol. The molecule has 0 aromatic heterocycles. The number of fused-ring (bicyclic) bond motifs is 4. The quantitative estimate of drug-likeness (QED) is 0.141. The number of hydrogen-bond donors (Lipinski definition) is 0. The summed E-state index contributed by atoms with van der Waals surface area (Å²) in [5.41, 5.74) is 23.7. The van der Waals surface area contributed by atoms with Gasteiger partial charge in [0.25, 0.3) is 6.71 Å². The maximum absolute atomic E-state index is 2.60. The van der Waals surface area contributed by atoms with Gasteiger partial charge < -0.3 is 14.7 Å². The van der Waals surface area contributed by atoms with E-state index in [1.165, 1.54) is 83.6 Å². The van der Waals surface area contributed by atoms with Crippen molar-refractivity contribution in [3.05, 3.63) is 254 Å². The molecule has 0 amide bonds. The van der Waals surface area contributed by atoms with Gasteiger partial charge >= 0.3 is 0 Å². The van der Waals surface area contributed by atoms with E-state index in [9.17, 15) is 0 Å². The van der Waals surface area contributed by atoms with Crippen LogP contribution in [0.25, 0.3) is 33.4 Å². The fraction of sp³-hybridized carbons (Fsp3) is 0.118. The highest BCUT2D eigenvalue weighted by atomic mass is 15.2. The van der Waals surface area contributed by atoms with Gasteiger partial charge in [-0.2, -0.15) is 0 Å². The zero-order valence-electron chi connectivity index (χ0n) is 42.0. The molecule has 0 fully saturated rings. The van der Waals surface area contributed by atoms with Gasteiger partial charge in [0.05, 0.1) is 5.69 Å². The van der Waals surface area contributed by atoms with Crippen molar-refractivity contribution in [3.8, 4) is 33.4 Å². The monoisotopic (exact) mass is 927 g/mol. The first-order valence-electron chi connectivity index (χ1n) is 25.4. The number of benzene rings is 10. The van der Waals surface area contributed by atoms with Crippen LogP contribution in [0.5, 0.6) is 0 Å². The molecule has 0 N–H and O–H groups in total. The molecule has 10 aromatic carbocycles. The van der Waals surface area contributed by atoms with E-state index in [0.717, 1.165) is 28.4 Å². The first-order chi connectivity index (χ1) is 35.0. The smallest absolute Gasteiger partial charge is 0.252 e. The summed E-state index contributed by atoms with van der Waals surface area (Å²) in [6.45, 7) is 13.9. The van der Waals surface area contributed by atoms with E-state index < -0.39 is 0 Å². The molecular weight excluding hydrogens is 870 g/mol. The minimum atomic E-state index is -0.176. The van der Waals surface area contributed by atoms with Crippen LogP contribution in [-0.4, -0.2) is 6.71 Å². The first kappa shape index (κ1) is 44.8. The van der Waals surface area contributed by atoms with Crippen LogP contribution in [0.2, 0.25) is 0 Å². The lowest BCUT2D eigenvalue weighted by Crippen LogP contribution is -2.61. The fourth-order valence-electron chi connectivity index (χ4n) is 11.0. The second-order valence-corrected chi connectivity index (χ2v) is 21.4. The maximum atomic E-state index is 2.60. The van der Waals surface area contributed by atoms with Crippen molar-refractivity contribution >= 4 is 74.3 Å². The van der Waals surface area contributed by atoms with Crippen molar-refractivity contribution in [2.24, 2.45) is 0 Å². The molecular formula is C68H58BN3. The number of para-hydroxylation sites is 2. The third-order valence-electron chi connectivity index (χ3n) is 14.7. The minimum Gasteiger partial charge on any atom is -0.311 e. The van der Waals surface area contributed by atoms with Gasteiger partial charge in [-0.05, 0) is 145 Å². The van der Waals surface area contributed by atoms with Crippen LogP contribution in [0.3, 0.4) is 0 Å². The number of nitrogens with zero attached hydrogens (tertiary/aromatic N) is 3. The van der Waals surface area contributed by atoms with Crippen LogP contribution in [0.1, 0.15) is 52.7 Å². The lowest BCUT2D eigenvalue weighted by Gasteiger charge is -2.46. The van der Waals surface area contributed by atoms with Crippen molar-refractivity contribution in [3.63, 3.8) is 0 Å². The Bertz CT molecular complexity index is 3540. The van der Waals surface area contributed by atoms with E-state index in [1.54, 1.807) is 0 Å². The summed E-state index contributed by atoms with van der Waals surface area (Å²) in [5.74, 6) is 0. The van der Waals surface area contributed by atoms with Gasteiger partial charge in [0.1, 0.15) is 0 Å². The normalized spacial score (nSPS) is 12.8. The summed E-state index contributed by atoms with van der Waals surface area (Å²) < 4.78 is 0. The Morgan fingerprint density at radius 1 is 0.319 bits per heavy atom. The summed E-state index contributed by atoms with van der Waals surface area (Å²) >= 11 is 0. The summed E-state index contributed by atoms with van der Waals surface area (Å²) in [5, 5.41) is 0. The molecule has 0 atom stereocenters. The Morgan fingerprint density at radius 2 is 0.806 bits per heavy atom. The molecule has 0 aliphatic carbocycles. The Balaban J connectivity index is 1.18. The van der Waals surface area contributed by atoms with Gasteiger partial charge in [-0.25, -0.2) is 0 Å². The van der Waals surface area contributed by atoms with Crippen LogP contribution in [-0.2, 0) is 10.8 Å². The molecule has 348 valence electrons. The van der Waals surface area contributed by atoms with Gasteiger partial charge in [-0.3, -0.25) is 0 Å². The largest absolute Gasteiger partial charge is 0.311 e. The molecule has 0 saturated heterocycles. The average molecular weight is 928 g/mol. The summed E-state index contributed by atoms with van der Waals surface area (Å²) in [4.78, 5) is 7.56. The summed E-state index contributed by atoms with van der Waals surface area (Å²) in [6, 6.07) is 90.0. The highest BCUT2D eigenvalue weighted by Crippen LogP contribution is 2.50. The minimum absolute atomic E-state index is 0.000970. The fourth-order valence-corrected chi connectivity index (χ4v) is 11.0. The van der Waals surface area contributed by atoms with Crippen molar-refractivity contribution < 1.29 is 0 Å². The molecule has 0 spiro atoms. The number of anilines is 9.